The van der Waals surface area contributed by atoms with E-state index in [1.165, 1.54) is 6.07 Å². The third kappa shape index (κ3) is 2.49. The molecule has 0 radical (unpaired) electrons. The zero-order valence-corrected chi connectivity index (χ0v) is 9.00. The van der Waals surface area contributed by atoms with E-state index in [0.717, 1.165) is 6.07 Å². The molecule has 3 N–H and O–H groups in total. The monoisotopic (exact) mass is 232 g/mol. The third-order valence-electron chi connectivity index (χ3n) is 2.26. The van der Waals surface area contributed by atoms with Gasteiger partial charge in [0, 0.05) is 11.6 Å². The lowest BCUT2D eigenvalue weighted by atomic mass is 10.2. The van der Waals surface area contributed by atoms with E-state index in [-0.39, 0.29) is 23.9 Å². The lowest BCUT2D eigenvalue weighted by Crippen LogP contribution is -1.92. The van der Waals surface area contributed by atoms with E-state index in [9.17, 15) is 10.2 Å². The molecule has 0 aliphatic rings. The molecule has 0 spiro atoms. The quantitative estimate of drug-likeness (QED) is 0.759. The largest absolute Gasteiger partial charge is 0.508 e. The van der Waals surface area contributed by atoms with Crippen LogP contribution >= 0.6 is 0 Å². The van der Waals surface area contributed by atoms with Gasteiger partial charge in [0.25, 0.3) is 0 Å². The molecule has 0 heterocycles. The number of rotatable bonds is 3. The fourth-order valence-electron chi connectivity index (χ4n) is 1.50. The van der Waals surface area contributed by atoms with Crippen molar-refractivity contribution in [2.24, 2.45) is 0 Å². The summed E-state index contributed by atoms with van der Waals surface area (Å²) in [5.74, 6) is 0.365. The summed E-state index contributed by atoms with van der Waals surface area (Å²) in [5, 5.41) is 28.1. The summed E-state index contributed by atoms with van der Waals surface area (Å²) in [4.78, 5) is 0. The second kappa shape index (κ2) is 4.76. The molecule has 17 heavy (non-hydrogen) atoms. The summed E-state index contributed by atoms with van der Waals surface area (Å²) >= 11 is 0. The van der Waals surface area contributed by atoms with Gasteiger partial charge in [-0.05, 0) is 18.2 Å². The number of hydrogen-bond acceptors (Lipinski definition) is 4. The Morgan fingerprint density at radius 1 is 1.00 bits per heavy atom. The summed E-state index contributed by atoms with van der Waals surface area (Å²) in [6, 6.07) is 11.4. The van der Waals surface area contributed by atoms with Gasteiger partial charge in [0.05, 0.1) is 6.61 Å². The number of para-hydroxylation sites is 1. The highest BCUT2D eigenvalue weighted by Gasteiger charge is 2.12. The van der Waals surface area contributed by atoms with Gasteiger partial charge >= 0.3 is 0 Å². The third-order valence-corrected chi connectivity index (χ3v) is 2.26. The summed E-state index contributed by atoms with van der Waals surface area (Å²) in [6.07, 6.45) is 0. The lowest BCUT2D eigenvalue weighted by molar-refractivity contribution is 0.273. The smallest absolute Gasteiger partial charge is 0.174 e. The van der Waals surface area contributed by atoms with Crippen molar-refractivity contribution in [3.63, 3.8) is 0 Å². The van der Waals surface area contributed by atoms with Crippen molar-refractivity contribution in [3.05, 3.63) is 48.0 Å². The van der Waals surface area contributed by atoms with E-state index in [2.05, 4.69) is 0 Å². The van der Waals surface area contributed by atoms with E-state index < -0.39 is 0 Å². The van der Waals surface area contributed by atoms with E-state index in [1.54, 1.807) is 24.3 Å². The Balaban J connectivity index is 2.38. The average molecular weight is 232 g/mol. The molecule has 2 rings (SSSR count). The summed E-state index contributed by atoms with van der Waals surface area (Å²) < 4.78 is 5.47. The second-order valence-corrected chi connectivity index (χ2v) is 3.53. The van der Waals surface area contributed by atoms with Gasteiger partial charge in [-0.15, -0.1) is 0 Å². The van der Waals surface area contributed by atoms with Gasteiger partial charge in [-0.1, -0.05) is 18.2 Å². The van der Waals surface area contributed by atoms with Crippen molar-refractivity contribution < 1.29 is 20.1 Å². The van der Waals surface area contributed by atoms with Crippen LogP contribution in [0.2, 0.25) is 0 Å². The van der Waals surface area contributed by atoms with Crippen LogP contribution in [0.1, 0.15) is 5.56 Å². The first-order chi connectivity index (χ1) is 8.20. The van der Waals surface area contributed by atoms with Crippen LogP contribution in [-0.2, 0) is 6.61 Å². The Morgan fingerprint density at radius 3 is 2.35 bits per heavy atom. The second-order valence-electron chi connectivity index (χ2n) is 3.53. The molecule has 0 aliphatic carbocycles. The topological polar surface area (TPSA) is 69.9 Å². The minimum Gasteiger partial charge on any atom is -0.508 e. The zero-order valence-electron chi connectivity index (χ0n) is 9.00. The molecule has 0 unspecified atom stereocenters. The molecule has 0 fully saturated rings. The highest BCUT2D eigenvalue weighted by molar-refractivity contribution is 5.52. The molecule has 0 saturated heterocycles. The van der Waals surface area contributed by atoms with Crippen LogP contribution in [0.5, 0.6) is 23.0 Å². The van der Waals surface area contributed by atoms with Crippen molar-refractivity contribution in [1.82, 2.24) is 0 Å². The standard InChI is InChI=1S/C13H12O4/c14-8-9-6-10(15)7-12(16)13(9)17-11-4-2-1-3-5-11/h1-7,14-16H,8H2. The fourth-order valence-corrected chi connectivity index (χ4v) is 1.50. The van der Waals surface area contributed by atoms with Crippen LogP contribution in [-0.4, -0.2) is 15.3 Å². The van der Waals surface area contributed by atoms with Crippen LogP contribution in [0.25, 0.3) is 0 Å². The minimum absolute atomic E-state index is 0.119. The molecule has 0 bridgehead atoms. The molecule has 0 aromatic heterocycles. The predicted octanol–water partition coefficient (Wildman–Crippen LogP) is 2.38. The number of phenols is 2. The van der Waals surface area contributed by atoms with E-state index in [0.29, 0.717) is 11.3 Å². The normalized spacial score (nSPS) is 10.2. The van der Waals surface area contributed by atoms with Gasteiger partial charge < -0.3 is 20.1 Å². The molecular weight excluding hydrogens is 220 g/mol. The zero-order chi connectivity index (χ0) is 12.3. The summed E-state index contributed by atoms with van der Waals surface area (Å²) in [6.45, 7) is -0.329. The predicted molar refractivity (Wildman–Crippen MR) is 62.2 cm³/mol. The van der Waals surface area contributed by atoms with E-state index >= 15 is 0 Å². The van der Waals surface area contributed by atoms with E-state index in [1.807, 2.05) is 6.07 Å². The maximum atomic E-state index is 9.67. The average Bonchev–Trinajstić information content (AvgIpc) is 2.33. The first-order valence-electron chi connectivity index (χ1n) is 5.09. The molecule has 0 atom stereocenters. The van der Waals surface area contributed by atoms with Crippen molar-refractivity contribution in [2.45, 2.75) is 6.61 Å². The Morgan fingerprint density at radius 2 is 1.71 bits per heavy atom. The SMILES string of the molecule is OCc1cc(O)cc(O)c1Oc1ccccc1. The molecular formula is C13H12O4. The Kier molecular flexibility index (Phi) is 3.16. The minimum atomic E-state index is -0.329. The number of aromatic hydroxyl groups is 2. The summed E-state index contributed by atoms with van der Waals surface area (Å²) in [7, 11) is 0. The van der Waals surface area contributed by atoms with Crippen molar-refractivity contribution in [2.75, 3.05) is 0 Å². The van der Waals surface area contributed by atoms with Crippen LogP contribution < -0.4 is 4.74 Å². The highest BCUT2D eigenvalue weighted by atomic mass is 16.5. The maximum Gasteiger partial charge on any atom is 0.174 e. The van der Waals surface area contributed by atoms with Crippen LogP contribution in [0, 0.1) is 0 Å². The van der Waals surface area contributed by atoms with Crippen molar-refractivity contribution in [1.29, 1.82) is 0 Å². The van der Waals surface area contributed by atoms with Gasteiger partial charge in [-0.3, -0.25) is 0 Å². The Bertz CT molecular complexity index is 508. The molecule has 2 aromatic rings. The molecule has 0 saturated carbocycles. The number of aliphatic hydroxyl groups excluding tert-OH is 1. The highest BCUT2D eigenvalue weighted by Crippen LogP contribution is 2.37. The summed E-state index contributed by atoms with van der Waals surface area (Å²) in [5.41, 5.74) is 0.325. The van der Waals surface area contributed by atoms with Crippen molar-refractivity contribution >= 4 is 0 Å². The number of ether oxygens (including phenoxy) is 1. The molecule has 88 valence electrons. The fraction of sp³-hybridized carbons (Fsp3) is 0.0769. The lowest BCUT2D eigenvalue weighted by Gasteiger charge is -2.11. The first-order valence-corrected chi connectivity index (χ1v) is 5.09. The van der Waals surface area contributed by atoms with Crippen LogP contribution in [0.15, 0.2) is 42.5 Å². The van der Waals surface area contributed by atoms with Crippen LogP contribution in [0.3, 0.4) is 0 Å². The number of hydrogen-bond donors (Lipinski definition) is 3. The number of benzene rings is 2. The van der Waals surface area contributed by atoms with Gasteiger partial charge in [-0.2, -0.15) is 0 Å². The molecule has 2 aromatic carbocycles. The van der Waals surface area contributed by atoms with E-state index in [4.69, 9.17) is 9.84 Å². The molecule has 0 aliphatic heterocycles. The van der Waals surface area contributed by atoms with Gasteiger partial charge in [0.2, 0.25) is 0 Å². The first kappa shape index (κ1) is 11.3. The number of phenolic OH excluding ortho intramolecular Hbond substituents is 2. The Labute approximate surface area is 98.3 Å². The number of aliphatic hydroxyl groups is 1. The van der Waals surface area contributed by atoms with Crippen LogP contribution in [0.4, 0.5) is 0 Å². The molecule has 4 nitrogen and oxygen atoms in total. The Hall–Kier alpha value is -2.20. The van der Waals surface area contributed by atoms with Gasteiger partial charge in [0.1, 0.15) is 11.5 Å². The molecule has 0 amide bonds. The van der Waals surface area contributed by atoms with Gasteiger partial charge in [0.15, 0.2) is 11.5 Å². The van der Waals surface area contributed by atoms with Crippen molar-refractivity contribution in [3.8, 4) is 23.0 Å². The molecule has 4 heteroatoms. The van der Waals surface area contributed by atoms with Gasteiger partial charge in [-0.25, -0.2) is 0 Å². The maximum absolute atomic E-state index is 9.67.